The van der Waals surface area contributed by atoms with E-state index in [-0.39, 0.29) is 6.17 Å². The lowest BCUT2D eigenvalue weighted by atomic mass is 9.84. The maximum absolute atomic E-state index is 15.8. The predicted molar refractivity (Wildman–Crippen MR) is 252 cm³/mol. The second-order valence-corrected chi connectivity index (χ2v) is 18.6. The molecule has 280 valence electrons. The zero-order valence-corrected chi connectivity index (χ0v) is 33.5. The first-order valence-corrected chi connectivity index (χ1v) is 22.3. The van der Waals surface area contributed by atoms with Gasteiger partial charge in [-0.2, -0.15) is 0 Å². The number of fused-ring (bicyclic) bond motifs is 6. The van der Waals surface area contributed by atoms with Crippen LogP contribution in [0, 0.1) is 0 Å². The summed E-state index contributed by atoms with van der Waals surface area (Å²) in [5.41, 5.74) is 10.2. The van der Waals surface area contributed by atoms with Gasteiger partial charge in [-0.15, -0.1) is 0 Å². The Bertz CT molecular complexity index is 3410. The molecule has 10 aromatic carbocycles. The zero-order chi connectivity index (χ0) is 39.2. The van der Waals surface area contributed by atoms with Crippen LogP contribution in [0.15, 0.2) is 194 Å². The molecule has 3 nitrogen and oxygen atoms in total. The SMILES string of the molecule is CCC1Nc2cccc3c2N1c1cc(-c2ccc4c(-c5ccc6ccccc6c5)c5ccccc5c(-c5ccc6ccccc6c5)c4c2)ccc1P3(=O)c1ccccc1. The maximum atomic E-state index is 15.8. The van der Waals surface area contributed by atoms with Gasteiger partial charge in [-0.25, -0.2) is 0 Å². The standard InChI is InChI=1S/C55H39N2OP/c1-2-52-56-48-21-12-22-51-55(48)57(52)49-34-40(28-30-50(49)59(51,58)43-17-4-3-5-18-43)39-27-29-46-47(33-39)54(42-26-24-36-14-7-9-16-38(36)32-42)45-20-11-10-19-44(45)53(46)41-25-23-35-13-6-8-15-37(35)31-41/h3-34,52,56H,2H2,1H3. The van der Waals surface area contributed by atoms with E-state index in [2.05, 4.69) is 175 Å². The van der Waals surface area contributed by atoms with Crippen molar-refractivity contribution in [3.63, 3.8) is 0 Å². The third-order valence-electron chi connectivity index (χ3n) is 12.7. The van der Waals surface area contributed by atoms with Crippen LogP contribution in [0.4, 0.5) is 17.1 Å². The minimum absolute atomic E-state index is 0.0525. The van der Waals surface area contributed by atoms with E-state index < -0.39 is 7.14 Å². The Labute approximate surface area is 343 Å². The van der Waals surface area contributed by atoms with Crippen molar-refractivity contribution in [1.82, 2.24) is 0 Å². The Morgan fingerprint density at radius 2 is 1.03 bits per heavy atom. The van der Waals surface area contributed by atoms with Gasteiger partial charge < -0.3 is 14.8 Å². The Kier molecular flexibility index (Phi) is 7.55. The van der Waals surface area contributed by atoms with Gasteiger partial charge in [0.05, 0.1) is 17.1 Å². The first-order chi connectivity index (χ1) is 29.1. The van der Waals surface area contributed by atoms with Gasteiger partial charge in [0.25, 0.3) is 0 Å². The molecule has 2 unspecified atom stereocenters. The molecular weight excluding hydrogens is 736 g/mol. The van der Waals surface area contributed by atoms with Crippen LogP contribution in [0.25, 0.3) is 76.5 Å². The molecular formula is C55H39N2OP. The number of nitrogens with one attached hydrogen (secondary N) is 1. The molecule has 0 bridgehead atoms. The lowest BCUT2D eigenvalue weighted by molar-refractivity contribution is 0.592. The van der Waals surface area contributed by atoms with E-state index in [4.69, 9.17) is 0 Å². The molecule has 0 aliphatic carbocycles. The summed E-state index contributed by atoms with van der Waals surface area (Å²) in [5.74, 6) is 0. The summed E-state index contributed by atoms with van der Waals surface area (Å²) in [6.45, 7) is 2.22. The number of rotatable bonds is 5. The minimum atomic E-state index is -3.19. The number of benzene rings is 10. The van der Waals surface area contributed by atoms with Gasteiger partial charge >= 0.3 is 0 Å². The van der Waals surface area contributed by atoms with Gasteiger partial charge in [0, 0.05) is 15.9 Å². The van der Waals surface area contributed by atoms with Crippen LogP contribution in [-0.2, 0) is 4.57 Å². The largest absolute Gasteiger partial charge is 0.363 e. The molecule has 0 amide bonds. The molecule has 2 aliphatic rings. The quantitative estimate of drug-likeness (QED) is 0.140. The molecule has 0 spiro atoms. The van der Waals surface area contributed by atoms with Gasteiger partial charge in [0.15, 0.2) is 7.14 Å². The van der Waals surface area contributed by atoms with E-state index in [1.807, 2.05) is 36.4 Å². The van der Waals surface area contributed by atoms with E-state index in [1.54, 1.807) is 0 Å². The van der Waals surface area contributed by atoms with Crippen molar-refractivity contribution in [3.8, 4) is 33.4 Å². The summed E-state index contributed by atoms with van der Waals surface area (Å²) in [7, 11) is -3.19. The van der Waals surface area contributed by atoms with Crippen molar-refractivity contribution >= 4 is 83.2 Å². The van der Waals surface area contributed by atoms with Crippen LogP contribution in [0.1, 0.15) is 13.3 Å². The monoisotopic (exact) mass is 774 g/mol. The molecule has 1 N–H and O–H groups in total. The number of para-hydroxylation sites is 1. The average molecular weight is 775 g/mol. The molecule has 0 saturated heterocycles. The second kappa shape index (κ2) is 13.0. The van der Waals surface area contributed by atoms with E-state index in [0.29, 0.717) is 0 Å². The Morgan fingerprint density at radius 1 is 0.475 bits per heavy atom. The number of hydrogen-bond donors (Lipinski definition) is 1. The highest BCUT2D eigenvalue weighted by molar-refractivity contribution is 7.86. The Morgan fingerprint density at radius 3 is 1.71 bits per heavy atom. The van der Waals surface area contributed by atoms with Crippen molar-refractivity contribution in [2.24, 2.45) is 0 Å². The Hall–Kier alpha value is -6.93. The highest BCUT2D eigenvalue weighted by Crippen LogP contribution is 2.57. The van der Waals surface area contributed by atoms with Gasteiger partial charge in [-0.1, -0.05) is 159 Å². The predicted octanol–water partition coefficient (Wildman–Crippen LogP) is 13.6. The lowest BCUT2D eigenvalue weighted by Gasteiger charge is -2.37. The summed E-state index contributed by atoms with van der Waals surface area (Å²) < 4.78 is 15.8. The minimum Gasteiger partial charge on any atom is -0.363 e. The van der Waals surface area contributed by atoms with Gasteiger partial charge in [0.1, 0.15) is 6.17 Å². The summed E-state index contributed by atoms with van der Waals surface area (Å²) in [5, 5.41) is 16.2. The van der Waals surface area contributed by atoms with Crippen LogP contribution in [0.3, 0.4) is 0 Å². The van der Waals surface area contributed by atoms with Gasteiger partial charge in [0.2, 0.25) is 0 Å². The lowest BCUT2D eigenvalue weighted by Crippen LogP contribution is -2.41. The summed E-state index contributed by atoms with van der Waals surface area (Å²) in [6.07, 6.45) is 0.944. The molecule has 2 heterocycles. The van der Waals surface area contributed by atoms with Gasteiger partial charge in [-0.05, 0) is 125 Å². The molecule has 0 aromatic heterocycles. The second-order valence-electron chi connectivity index (χ2n) is 15.9. The fourth-order valence-corrected chi connectivity index (χ4v) is 13.0. The molecule has 2 atom stereocenters. The molecule has 59 heavy (non-hydrogen) atoms. The smallest absolute Gasteiger partial charge is 0.175 e. The molecule has 4 heteroatoms. The highest BCUT2D eigenvalue weighted by atomic mass is 31.2. The van der Waals surface area contributed by atoms with Crippen molar-refractivity contribution in [2.45, 2.75) is 19.5 Å². The number of nitrogens with zero attached hydrogens (tertiary/aromatic N) is 1. The molecule has 10 aromatic rings. The van der Waals surface area contributed by atoms with Crippen LogP contribution in [-0.4, -0.2) is 6.17 Å². The van der Waals surface area contributed by atoms with Crippen LogP contribution in [0.2, 0.25) is 0 Å². The first-order valence-electron chi connectivity index (χ1n) is 20.6. The zero-order valence-electron chi connectivity index (χ0n) is 32.6. The van der Waals surface area contributed by atoms with Crippen molar-refractivity contribution in [3.05, 3.63) is 194 Å². The number of hydrogen-bond acceptors (Lipinski definition) is 3. The molecule has 0 saturated carbocycles. The van der Waals surface area contributed by atoms with Crippen LogP contribution >= 0.6 is 7.14 Å². The fraction of sp³-hybridized carbons (Fsp3) is 0.0545. The Balaban J connectivity index is 1.13. The highest BCUT2D eigenvalue weighted by Gasteiger charge is 2.46. The molecule has 0 fully saturated rings. The van der Waals surface area contributed by atoms with E-state index in [0.717, 1.165) is 50.5 Å². The number of anilines is 3. The topological polar surface area (TPSA) is 32.3 Å². The third-order valence-corrected chi connectivity index (χ3v) is 15.9. The summed E-state index contributed by atoms with van der Waals surface area (Å²) in [4.78, 5) is 2.41. The van der Waals surface area contributed by atoms with Gasteiger partial charge in [-0.3, -0.25) is 0 Å². The maximum Gasteiger partial charge on any atom is 0.175 e. The average Bonchev–Trinajstić information content (AvgIpc) is 3.69. The molecule has 2 aliphatic heterocycles. The third kappa shape index (κ3) is 5.05. The summed E-state index contributed by atoms with van der Waals surface area (Å²) >= 11 is 0. The fourth-order valence-electron chi connectivity index (χ4n) is 10.0. The van der Waals surface area contributed by atoms with E-state index in [9.17, 15) is 0 Å². The normalized spacial score (nSPS) is 16.7. The summed E-state index contributed by atoms with van der Waals surface area (Å²) in [6, 6.07) is 69.9. The van der Waals surface area contributed by atoms with Crippen molar-refractivity contribution in [1.29, 1.82) is 0 Å². The van der Waals surface area contributed by atoms with Crippen LogP contribution < -0.4 is 26.1 Å². The van der Waals surface area contributed by atoms with Crippen LogP contribution in [0.5, 0.6) is 0 Å². The van der Waals surface area contributed by atoms with E-state index >= 15 is 4.57 Å². The molecule has 0 radical (unpaired) electrons. The van der Waals surface area contributed by atoms with E-state index in [1.165, 1.54) is 65.3 Å². The molecule has 12 rings (SSSR count). The van der Waals surface area contributed by atoms with Crippen molar-refractivity contribution in [2.75, 3.05) is 10.2 Å². The van der Waals surface area contributed by atoms with Crippen molar-refractivity contribution < 1.29 is 4.57 Å². The first kappa shape index (κ1) is 34.1.